The maximum absolute atomic E-state index is 12.5. The second kappa shape index (κ2) is 9.19. The summed E-state index contributed by atoms with van der Waals surface area (Å²) in [6.07, 6.45) is -1.95. The quantitative estimate of drug-likeness (QED) is 0.572. The minimum Gasteiger partial charge on any atom is -0.480 e. The molecule has 3 atom stereocenters. The fourth-order valence-corrected chi connectivity index (χ4v) is 2.15. The molecular weight excluding hydrogens is 340 g/mol. The zero-order chi connectivity index (χ0) is 19.9. The molecule has 0 unspecified atom stereocenters. The fourth-order valence-electron chi connectivity index (χ4n) is 2.15. The molecule has 8 nitrogen and oxygen atoms in total. The Morgan fingerprint density at radius 1 is 1.12 bits per heavy atom. The van der Waals surface area contributed by atoms with E-state index in [4.69, 9.17) is 9.84 Å². The van der Waals surface area contributed by atoms with E-state index in [1.165, 1.54) is 6.92 Å². The maximum atomic E-state index is 12.5. The van der Waals surface area contributed by atoms with Crippen molar-refractivity contribution in [3.63, 3.8) is 0 Å². The van der Waals surface area contributed by atoms with E-state index in [2.05, 4.69) is 10.6 Å². The summed E-state index contributed by atoms with van der Waals surface area (Å²) < 4.78 is 5.16. The van der Waals surface area contributed by atoms with E-state index in [9.17, 15) is 19.5 Å². The Bertz CT molecular complexity index is 624. The molecule has 144 valence electrons. The fraction of sp³-hybridized carbons (Fsp3) is 0.500. The molecular formula is C18H26N2O6. The zero-order valence-corrected chi connectivity index (χ0v) is 15.4. The average molecular weight is 366 g/mol. The minimum absolute atomic E-state index is 0.137. The Labute approximate surface area is 152 Å². The molecule has 0 aliphatic carbocycles. The van der Waals surface area contributed by atoms with Gasteiger partial charge in [0.1, 0.15) is 11.6 Å². The van der Waals surface area contributed by atoms with Gasteiger partial charge in [0, 0.05) is 6.42 Å². The summed E-state index contributed by atoms with van der Waals surface area (Å²) in [6.45, 7) is 6.32. The molecule has 0 aromatic heterocycles. The van der Waals surface area contributed by atoms with Gasteiger partial charge in [0.25, 0.3) is 0 Å². The number of carbonyl (C=O) groups excluding carboxylic acids is 2. The molecule has 0 saturated heterocycles. The molecule has 26 heavy (non-hydrogen) atoms. The number of hydrogen-bond donors (Lipinski definition) is 4. The number of hydrogen-bond acceptors (Lipinski definition) is 5. The number of ether oxygens (including phenoxy) is 1. The van der Waals surface area contributed by atoms with Gasteiger partial charge in [-0.05, 0) is 33.3 Å². The van der Waals surface area contributed by atoms with Crippen molar-refractivity contribution < 1.29 is 29.3 Å². The summed E-state index contributed by atoms with van der Waals surface area (Å²) in [7, 11) is 0. The Hall–Kier alpha value is -2.61. The molecule has 1 rings (SSSR count). The highest BCUT2D eigenvalue weighted by atomic mass is 16.6. The maximum Gasteiger partial charge on any atom is 0.408 e. The van der Waals surface area contributed by atoms with Gasteiger partial charge in [0.15, 0.2) is 6.04 Å². The van der Waals surface area contributed by atoms with Crippen LogP contribution in [-0.2, 0) is 20.7 Å². The van der Waals surface area contributed by atoms with Crippen molar-refractivity contribution in [1.29, 1.82) is 0 Å². The van der Waals surface area contributed by atoms with Crippen molar-refractivity contribution in [3.05, 3.63) is 35.9 Å². The highest BCUT2D eigenvalue weighted by Gasteiger charge is 2.30. The first-order valence-electron chi connectivity index (χ1n) is 8.24. The summed E-state index contributed by atoms with van der Waals surface area (Å²) >= 11 is 0. The van der Waals surface area contributed by atoms with Gasteiger partial charge in [0.2, 0.25) is 5.91 Å². The summed E-state index contributed by atoms with van der Waals surface area (Å²) in [5, 5.41) is 23.3. The number of carboxylic acids is 1. The van der Waals surface area contributed by atoms with Crippen molar-refractivity contribution in [2.45, 2.75) is 57.9 Å². The second-order valence-electron chi connectivity index (χ2n) is 6.95. The Morgan fingerprint density at radius 2 is 1.69 bits per heavy atom. The van der Waals surface area contributed by atoms with Crippen LogP contribution in [0.3, 0.4) is 0 Å². The molecule has 1 aromatic carbocycles. The first-order valence-corrected chi connectivity index (χ1v) is 8.24. The largest absolute Gasteiger partial charge is 0.480 e. The standard InChI is InChI=1S/C18H26N2O6/c1-11(21)14(16(23)24)20-15(22)13(10-12-8-6-5-7-9-12)19-17(25)26-18(2,3)4/h5-9,11,13-14,21H,10H2,1-4H3,(H,19,25)(H,20,22)(H,23,24)/t11-,13+,14-/m0/s1. The third-order valence-electron chi connectivity index (χ3n) is 3.34. The number of aliphatic hydroxyl groups is 1. The van der Waals surface area contributed by atoms with Crippen molar-refractivity contribution in [1.82, 2.24) is 10.6 Å². The Morgan fingerprint density at radius 3 is 2.15 bits per heavy atom. The van der Waals surface area contributed by atoms with Gasteiger partial charge in [-0.25, -0.2) is 9.59 Å². The van der Waals surface area contributed by atoms with Crippen LogP contribution in [0.25, 0.3) is 0 Å². The van der Waals surface area contributed by atoms with Crippen molar-refractivity contribution in [2.24, 2.45) is 0 Å². The lowest BCUT2D eigenvalue weighted by Gasteiger charge is -2.25. The van der Waals surface area contributed by atoms with Crippen LogP contribution in [0.2, 0.25) is 0 Å². The van der Waals surface area contributed by atoms with Crippen LogP contribution in [0.15, 0.2) is 30.3 Å². The number of aliphatic carboxylic acids is 1. The summed E-state index contributed by atoms with van der Waals surface area (Å²) in [6, 6.07) is 6.39. The Balaban J connectivity index is 2.93. The lowest BCUT2D eigenvalue weighted by Crippen LogP contribution is -2.55. The summed E-state index contributed by atoms with van der Waals surface area (Å²) in [5.41, 5.74) is 0.0220. The molecule has 2 amide bonds. The van der Waals surface area contributed by atoms with Crippen LogP contribution in [0.1, 0.15) is 33.3 Å². The minimum atomic E-state index is -1.48. The summed E-state index contributed by atoms with van der Waals surface area (Å²) in [5.74, 6) is -2.10. The molecule has 0 aliphatic heterocycles. The molecule has 0 spiro atoms. The van der Waals surface area contributed by atoms with Gasteiger partial charge in [0.05, 0.1) is 6.10 Å². The van der Waals surface area contributed by atoms with Gasteiger partial charge in [-0.1, -0.05) is 30.3 Å². The number of benzene rings is 1. The second-order valence-corrected chi connectivity index (χ2v) is 6.95. The number of nitrogens with one attached hydrogen (secondary N) is 2. The Kier molecular flexibility index (Phi) is 7.57. The lowest BCUT2D eigenvalue weighted by molar-refractivity contribution is -0.145. The average Bonchev–Trinajstić information content (AvgIpc) is 2.50. The van der Waals surface area contributed by atoms with E-state index in [0.29, 0.717) is 0 Å². The number of rotatable bonds is 7. The van der Waals surface area contributed by atoms with Gasteiger partial charge < -0.3 is 25.6 Å². The molecule has 4 N–H and O–H groups in total. The van der Waals surface area contributed by atoms with E-state index in [1.54, 1.807) is 45.0 Å². The molecule has 0 heterocycles. The molecule has 1 aromatic rings. The van der Waals surface area contributed by atoms with Crippen molar-refractivity contribution in [2.75, 3.05) is 0 Å². The first kappa shape index (κ1) is 21.4. The van der Waals surface area contributed by atoms with Crippen LogP contribution < -0.4 is 10.6 Å². The van der Waals surface area contributed by atoms with E-state index < -0.39 is 41.8 Å². The van der Waals surface area contributed by atoms with Crippen LogP contribution in [0.4, 0.5) is 4.79 Å². The molecule has 0 saturated carbocycles. The summed E-state index contributed by atoms with van der Waals surface area (Å²) in [4.78, 5) is 35.7. The van der Waals surface area contributed by atoms with Crippen LogP contribution >= 0.6 is 0 Å². The lowest BCUT2D eigenvalue weighted by atomic mass is 10.0. The molecule has 0 bridgehead atoms. The van der Waals surface area contributed by atoms with Gasteiger partial charge in [-0.15, -0.1) is 0 Å². The van der Waals surface area contributed by atoms with Crippen molar-refractivity contribution in [3.8, 4) is 0 Å². The topological polar surface area (TPSA) is 125 Å². The normalized spacial score (nSPS) is 14.7. The third-order valence-corrected chi connectivity index (χ3v) is 3.34. The van der Waals surface area contributed by atoms with Gasteiger partial charge in [-0.2, -0.15) is 0 Å². The SMILES string of the molecule is C[C@H](O)[C@H](NC(=O)[C@@H](Cc1ccccc1)NC(=O)OC(C)(C)C)C(=O)O. The number of aliphatic hydroxyl groups excluding tert-OH is 1. The third kappa shape index (κ3) is 7.52. The first-order chi connectivity index (χ1) is 12.0. The molecule has 0 radical (unpaired) electrons. The van der Waals surface area contributed by atoms with Crippen LogP contribution in [0, 0.1) is 0 Å². The monoisotopic (exact) mass is 366 g/mol. The van der Waals surface area contributed by atoms with E-state index in [1.807, 2.05) is 6.07 Å². The molecule has 0 aliphatic rings. The van der Waals surface area contributed by atoms with Gasteiger partial charge in [-0.3, -0.25) is 4.79 Å². The number of carboxylic acid groups (broad SMARTS) is 1. The smallest absolute Gasteiger partial charge is 0.408 e. The van der Waals surface area contributed by atoms with E-state index in [0.717, 1.165) is 5.56 Å². The molecule has 0 fully saturated rings. The van der Waals surface area contributed by atoms with Gasteiger partial charge >= 0.3 is 12.1 Å². The number of amides is 2. The zero-order valence-electron chi connectivity index (χ0n) is 15.4. The highest BCUT2D eigenvalue weighted by molar-refractivity contribution is 5.89. The van der Waals surface area contributed by atoms with Crippen molar-refractivity contribution >= 4 is 18.0 Å². The predicted octanol–water partition coefficient (Wildman–Crippen LogP) is 1.07. The van der Waals surface area contributed by atoms with Crippen LogP contribution in [0.5, 0.6) is 0 Å². The number of alkyl carbamates (subject to hydrolysis) is 1. The van der Waals surface area contributed by atoms with E-state index in [-0.39, 0.29) is 6.42 Å². The number of carbonyl (C=O) groups is 3. The van der Waals surface area contributed by atoms with E-state index >= 15 is 0 Å². The van der Waals surface area contributed by atoms with Crippen LogP contribution in [-0.4, -0.2) is 52.0 Å². The molecule has 8 heteroatoms. The highest BCUT2D eigenvalue weighted by Crippen LogP contribution is 2.09. The predicted molar refractivity (Wildman–Crippen MR) is 94.6 cm³/mol.